The normalized spacial score (nSPS) is 45.7. The first-order chi connectivity index (χ1) is 16.0. The van der Waals surface area contributed by atoms with Gasteiger partial charge < -0.3 is 16.0 Å². The Bertz CT molecular complexity index is 686. The van der Waals surface area contributed by atoms with Crippen molar-refractivity contribution in [3.63, 3.8) is 0 Å². The van der Waals surface area contributed by atoms with Crippen LogP contribution in [0, 0.1) is 29.6 Å². The molecule has 0 amide bonds. The molecule has 0 saturated carbocycles. The Hall–Kier alpha value is -0.240. The molecule has 6 heterocycles. The highest BCUT2D eigenvalue weighted by Crippen LogP contribution is 2.42. The second-order valence-corrected chi connectivity index (χ2v) is 13.0. The third kappa shape index (κ3) is 4.11. The third-order valence-corrected chi connectivity index (χ3v) is 11.0. The summed E-state index contributed by atoms with van der Waals surface area (Å²) in [6, 6.07) is 4.50. The molecule has 6 nitrogen and oxygen atoms in total. The molecule has 33 heavy (non-hydrogen) atoms. The minimum absolute atomic E-state index is 0.680. The maximum Gasteiger partial charge on any atom is 0.0267 e. The number of hydrogen-bond acceptors (Lipinski definition) is 6. The van der Waals surface area contributed by atoms with Gasteiger partial charge in [-0.1, -0.05) is 0 Å². The van der Waals surface area contributed by atoms with Crippen molar-refractivity contribution in [3.8, 4) is 0 Å². The highest BCUT2D eigenvalue weighted by Gasteiger charge is 2.50. The van der Waals surface area contributed by atoms with Crippen molar-refractivity contribution in [2.24, 2.45) is 29.6 Å². The van der Waals surface area contributed by atoms with Crippen LogP contribution in [0.1, 0.15) is 47.0 Å². The summed E-state index contributed by atoms with van der Waals surface area (Å²) in [6.07, 6.45) is 4.20. The van der Waals surface area contributed by atoms with Gasteiger partial charge >= 0.3 is 0 Å². The molecule has 0 spiro atoms. The number of rotatable bonds is 7. The van der Waals surface area contributed by atoms with E-state index < -0.39 is 0 Å². The Morgan fingerprint density at radius 2 is 1.18 bits per heavy atom. The molecule has 0 aromatic rings. The third-order valence-electron chi connectivity index (χ3n) is 11.0. The molecular formula is C27H50N6. The molecule has 0 aromatic carbocycles. The molecule has 10 atom stereocenters. The van der Waals surface area contributed by atoms with E-state index in [0.717, 1.165) is 53.8 Å². The summed E-state index contributed by atoms with van der Waals surface area (Å²) in [5.74, 6) is 4.39. The van der Waals surface area contributed by atoms with Crippen LogP contribution in [0.4, 0.5) is 0 Å². The molecule has 0 radical (unpaired) electrons. The number of nitrogens with zero attached hydrogens (tertiary/aromatic N) is 3. The van der Waals surface area contributed by atoms with E-state index in [0.29, 0.717) is 12.1 Å². The Kier molecular flexibility index (Phi) is 6.55. The van der Waals surface area contributed by atoms with E-state index in [-0.39, 0.29) is 0 Å². The van der Waals surface area contributed by atoms with Gasteiger partial charge in [-0.3, -0.25) is 14.7 Å². The topological polar surface area (TPSA) is 45.8 Å². The molecule has 188 valence electrons. The molecule has 6 fully saturated rings. The first-order valence-electron chi connectivity index (χ1n) is 14.4. The zero-order valence-electron chi connectivity index (χ0n) is 21.7. The van der Waals surface area contributed by atoms with Crippen LogP contribution in [0.2, 0.25) is 0 Å². The second kappa shape index (κ2) is 9.33. The number of nitrogens with one attached hydrogen (secondary N) is 3. The first-order valence-corrected chi connectivity index (χ1v) is 14.4. The van der Waals surface area contributed by atoms with Crippen molar-refractivity contribution in [1.29, 1.82) is 0 Å². The fourth-order valence-corrected chi connectivity index (χ4v) is 9.32. The van der Waals surface area contributed by atoms with Crippen LogP contribution >= 0.6 is 0 Å². The lowest BCUT2D eigenvalue weighted by Gasteiger charge is -2.33. The molecule has 0 aliphatic carbocycles. The van der Waals surface area contributed by atoms with Gasteiger partial charge in [0.15, 0.2) is 0 Å². The molecule has 6 rings (SSSR count). The summed E-state index contributed by atoms with van der Waals surface area (Å²) in [5.41, 5.74) is 0. The lowest BCUT2D eigenvalue weighted by Crippen LogP contribution is -2.43. The quantitative estimate of drug-likeness (QED) is 0.534. The van der Waals surface area contributed by atoms with E-state index in [1.165, 1.54) is 78.2 Å². The van der Waals surface area contributed by atoms with Gasteiger partial charge in [0.05, 0.1) is 0 Å². The summed E-state index contributed by atoms with van der Waals surface area (Å²) >= 11 is 0. The van der Waals surface area contributed by atoms with Crippen molar-refractivity contribution in [2.45, 2.75) is 83.2 Å². The minimum Gasteiger partial charge on any atom is -0.315 e. The van der Waals surface area contributed by atoms with E-state index in [2.05, 4.69) is 58.3 Å². The summed E-state index contributed by atoms with van der Waals surface area (Å²) in [4.78, 5) is 8.64. The van der Waals surface area contributed by atoms with Gasteiger partial charge in [0.1, 0.15) is 0 Å². The van der Waals surface area contributed by atoms with Gasteiger partial charge in [-0.25, -0.2) is 0 Å². The van der Waals surface area contributed by atoms with Crippen LogP contribution in [-0.2, 0) is 0 Å². The zero-order chi connectivity index (χ0) is 22.7. The smallest absolute Gasteiger partial charge is 0.0267 e. The summed E-state index contributed by atoms with van der Waals surface area (Å²) in [5, 5.41) is 11.2. The molecule has 0 bridgehead atoms. The molecular weight excluding hydrogens is 408 g/mol. The van der Waals surface area contributed by atoms with Crippen molar-refractivity contribution < 1.29 is 0 Å². The van der Waals surface area contributed by atoms with Crippen LogP contribution in [-0.4, -0.2) is 110 Å². The largest absolute Gasteiger partial charge is 0.315 e. The highest BCUT2D eigenvalue weighted by molar-refractivity contribution is 5.05. The van der Waals surface area contributed by atoms with Crippen molar-refractivity contribution in [1.82, 2.24) is 30.7 Å². The molecule has 6 heteroatoms. The summed E-state index contributed by atoms with van der Waals surface area (Å²) in [7, 11) is 0. The van der Waals surface area contributed by atoms with E-state index in [1.54, 1.807) is 0 Å². The lowest BCUT2D eigenvalue weighted by atomic mass is 9.87. The number of likely N-dealkylation sites (tertiary alicyclic amines) is 3. The fourth-order valence-electron chi connectivity index (χ4n) is 9.32. The average molecular weight is 459 g/mol. The molecule has 0 aromatic heterocycles. The zero-order valence-corrected chi connectivity index (χ0v) is 21.7. The Morgan fingerprint density at radius 3 is 1.85 bits per heavy atom. The van der Waals surface area contributed by atoms with Crippen molar-refractivity contribution in [3.05, 3.63) is 0 Å². The first kappa shape index (κ1) is 23.2. The SMILES string of the molecule is CC(CC1CN(C(C)C)[C@H]2CNC[C@@H]12)N1CC(CC(C)N2CC[C@@H]3CNC[C@@H]32)[C@H]2CNC[C@H]21. The van der Waals surface area contributed by atoms with Crippen LogP contribution in [0.5, 0.6) is 0 Å². The Labute approximate surface area is 202 Å². The van der Waals surface area contributed by atoms with E-state index in [9.17, 15) is 0 Å². The average Bonchev–Trinajstić information content (AvgIpc) is 3.57. The predicted molar refractivity (Wildman–Crippen MR) is 135 cm³/mol. The monoisotopic (exact) mass is 458 g/mol. The number of fused-ring (bicyclic) bond motifs is 3. The van der Waals surface area contributed by atoms with Crippen LogP contribution in [0.3, 0.4) is 0 Å². The Morgan fingerprint density at radius 1 is 0.636 bits per heavy atom. The van der Waals surface area contributed by atoms with Gasteiger partial charge in [-0.15, -0.1) is 0 Å². The number of hydrogen-bond donors (Lipinski definition) is 3. The van der Waals surface area contributed by atoms with E-state index >= 15 is 0 Å². The Balaban J connectivity index is 1.09. The predicted octanol–water partition coefficient (Wildman–Crippen LogP) is 1.29. The minimum atomic E-state index is 0.680. The molecule has 4 unspecified atom stereocenters. The van der Waals surface area contributed by atoms with Crippen LogP contribution < -0.4 is 16.0 Å². The second-order valence-electron chi connectivity index (χ2n) is 13.0. The molecule has 6 aliphatic rings. The highest BCUT2D eigenvalue weighted by atomic mass is 15.3. The maximum absolute atomic E-state index is 3.79. The fraction of sp³-hybridized carbons (Fsp3) is 1.00. The van der Waals surface area contributed by atoms with Crippen molar-refractivity contribution in [2.75, 3.05) is 58.9 Å². The van der Waals surface area contributed by atoms with Gasteiger partial charge in [0.25, 0.3) is 0 Å². The summed E-state index contributed by atoms with van der Waals surface area (Å²) < 4.78 is 0. The van der Waals surface area contributed by atoms with Gasteiger partial charge in [0, 0.05) is 69.0 Å². The van der Waals surface area contributed by atoms with E-state index in [4.69, 9.17) is 0 Å². The van der Waals surface area contributed by atoms with Crippen LogP contribution in [0.15, 0.2) is 0 Å². The lowest BCUT2D eigenvalue weighted by molar-refractivity contribution is 0.145. The van der Waals surface area contributed by atoms with Gasteiger partial charge in [-0.05, 0) is 103 Å². The van der Waals surface area contributed by atoms with E-state index in [1.807, 2.05) is 0 Å². The summed E-state index contributed by atoms with van der Waals surface area (Å²) in [6.45, 7) is 21.3. The standard InChI is InChI=1S/C27H50N6/c1-17(2)32-15-21(23-10-29-13-26(23)32)8-19(4)33-16-22(24-11-30-14-27(24)33)7-18(3)31-6-5-20-9-28-12-25(20)31/h17-30H,5-16H2,1-4H3/t18?,19?,20-,21?,22?,23+,24-,25+,26+,27-/m1/s1. The van der Waals surface area contributed by atoms with Crippen molar-refractivity contribution >= 4 is 0 Å². The maximum atomic E-state index is 3.79. The van der Waals surface area contributed by atoms with Crippen LogP contribution in [0.25, 0.3) is 0 Å². The molecule has 3 N–H and O–H groups in total. The van der Waals surface area contributed by atoms with Gasteiger partial charge in [-0.2, -0.15) is 0 Å². The molecule has 6 saturated heterocycles. The molecule has 6 aliphatic heterocycles. The van der Waals surface area contributed by atoms with Gasteiger partial charge in [0.2, 0.25) is 0 Å².